The summed E-state index contributed by atoms with van der Waals surface area (Å²) in [5, 5.41) is 11.2. The van der Waals surface area contributed by atoms with Crippen LogP contribution in [-0.2, 0) is 14.4 Å². The molecular weight excluding hydrogens is 456 g/mol. The molecule has 2 aliphatic rings. The Hall–Kier alpha value is -3.48. The lowest BCUT2D eigenvalue weighted by atomic mass is 9.68. The summed E-state index contributed by atoms with van der Waals surface area (Å²) in [6.45, 7) is 6.78. The summed E-state index contributed by atoms with van der Waals surface area (Å²) in [7, 11) is 0. The summed E-state index contributed by atoms with van der Waals surface area (Å²) in [5.74, 6) is -1.62. The Kier molecular flexibility index (Phi) is 7.57. The number of carboxylic acid groups (broad SMARTS) is 1. The molecule has 1 aliphatic heterocycles. The van der Waals surface area contributed by atoms with Crippen LogP contribution in [0.3, 0.4) is 0 Å². The average Bonchev–Trinajstić information content (AvgIpc) is 2.96. The van der Waals surface area contributed by atoms with E-state index in [4.69, 9.17) is 9.73 Å². The Bertz CT molecular complexity index is 1190. The molecule has 1 aliphatic carbocycles. The maximum atomic E-state index is 13.7. The molecule has 1 heterocycles. The van der Waals surface area contributed by atoms with Crippen molar-refractivity contribution < 1.29 is 24.2 Å². The van der Waals surface area contributed by atoms with Crippen LogP contribution in [0, 0.1) is 11.3 Å². The van der Waals surface area contributed by atoms with Crippen molar-refractivity contribution in [2.45, 2.75) is 65.3 Å². The number of carboxylic acids is 1. The molecular formula is C29H33N2O5-. The summed E-state index contributed by atoms with van der Waals surface area (Å²) in [4.78, 5) is 45.1. The molecule has 2 aromatic carbocycles. The number of Topliss-reactive ketones (excluding diaryl/α,β-unsaturated/α-hetero) is 1. The number of anilines is 1. The van der Waals surface area contributed by atoms with E-state index in [-0.39, 0.29) is 23.5 Å². The highest BCUT2D eigenvalue weighted by atomic mass is 16.5. The highest BCUT2D eigenvalue weighted by molar-refractivity contribution is 6.13. The van der Waals surface area contributed by atoms with Crippen LogP contribution in [0.5, 0.6) is 5.75 Å². The number of ether oxygens (including phenoxy) is 1. The van der Waals surface area contributed by atoms with Gasteiger partial charge < -0.3 is 19.5 Å². The molecule has 0 radical (unpaired) electrons. The number of carbonyl (C=O) groups is 3. The topological polar surface area (TPSA) is 99.1 Å². The van der Waals surface area contributed by atoms with Crippen LogP contribution in [0.2, 0.25) is 0 Å². The number of aliphatic imine (C=N–C) groups is 1. The molecule has 1 saturated carbocycles. The molecule has 2 atom stereocenters. The van der Waals surface area contributed by atoms with Crippen molar-refractivity contribution in [2.24, 2.45) is 16.3 Å². The first-order valence-corrected chi connectivity index (χ1v) is 12.6. The van der Waals surface area contributed by atoms with Gasteiger partial charge in [-0.15, -0.1) is 0 Å². The van der Waals surface area contributed by atoms with Crippen molar-refractivity contribution in [1.29, 1.82) is 0 Å². The Morgan fingerprint density at radius 3 is 2.64 bits per heavy atom. The second kappa shape index (κ2) is 10.6. The zero-order chi connectivity index (χ0) is 25.9. The van der Waals surface area contributed by atoms with Crippen LogP contribution < -0.4 is 14.7 Å². The number of amides is 1. The number of benzene rings is 2. The molecule has 0 N–H and O–H groups in total. The molecule has 0 unspecified atom stereocenters. The molecule has 190 valence electrons. The van der Waals surface area contributed by atoms with Gasteiger partial charge in [0.2, 0.25) is 5.91 Å². The van der Waals surface area contributed by atoms with E-state index in [1.807, 2.05) is 42.5 Å². The fraction of sp³-hybridized carbons (Fsp3) is 0.448. The lowest BCUT2D eigenvalue weighted by Gasteiger charge is -2.41. The molecule has 2 aromatic rings. The van der Waals surface area contributed by atoms with Gasteiger partial charge in [0.25, 0.3) is 0 Å². The van der Waals surface area contributed by atoms with Gasteiger partial charge in [0.1, 0.15) is 11.5 Å². The summed E-state index contributed by atoms with van der Waals surface area (Å²) in [6, 6.07) is 14.2. The molecule has 0 bridgehead atoms. The van der Waals surface area contributed by atoms with E-state index in [2.05, 4.69) is 20.8 Å². The van der Waals surface area contributed by atoms with Gasteiger partial charge in [-0.25, -0.2) is 0 Å². The van der Waals surface area contributed by atoms with E-state index < -0.39 is 24.3 Å². The Labute approximate surface area is 212 Å². The molecule has 7 nitrogen and oxygen atoms in total. The number of rotatable bonds is 8. The number of para-hydroxylation sites is 2. The van der Waals surface area contributed by atoms with Gasteiger partial charge in [-0.3, -0.25) is 14.6 Å². The van der Waals surface area contributed by atoms with Crippen molar-refractivity contribution in [1.82, 2.24) is 0 Å². The van der Waals surface area contributed by atoms with E-state index in [1.54, 1.807) is 11.0 Å². The third-order valence-corrected chi connectivity index (χ3v) is 6.80. The molecule has 4 rings (SSSR count). The number of aliphatic carboxylic acids is 1. The Morgan fingerprint density at radius 1 is 1.11 bits per heavy atom. The van der Waals surface area contributed by atoms with E-state index in [0.717, 1.165) is 24.1 Å². The van der Waals surface area contributed by atoms with E-state index >= 15 is 0 Å². The fourth-order valence-electron chi connectivity index (χ4n) is 5.20. The van der Waals surface area contributed by atoms with Crippen LogP contribution in [0.4, 0.5) is 11.4 Å². The quantitative estimate of drug-likeness (QED) is 0.506. The third kappa shape index (κ3) is 5.50. The zero-order valence-corrected chi connectivity index (χ0v) is 21.2. The number of fused-ring (bicyclic) bond motifs is 2. The van der Waals surface area contributed by atoms with Gasteiger partial charge in [-0.1, -0.05) is 51.5 Å². The number of carbonyl (C=O) groups excluding carboxylic acids is 3. The second-order valence-electron chi connectivity index (χ2n) is 10.4. The van der Waals surface area contributed by atoms with Crippen LogP contribution in [0.15, 0.2) is 53.5 Å². The second-order valence-corrected chi connectivity index (χ2v) is 10.4. The molecule has 1 fully saturated rings. The molecule has 0 spiro atoms. The summed E-state index contributed by atoms with van der Waals surface area (Å²) in [6.07, 6.45) is 2.29. The predicted octanol–water partition coefficient (Wildman–Crippen LogP) is 4.56. The van der Waals surface area contributed by atoms with E-state index in [9.17, 15) is 19.5 Å². The van der Waals surface area contributed by atoms with Gasteiger partial charge >= 0.3 is 0 Å². The van der Waals surface area contributed by atoms with E-state index in [1.165, 1.54) is 0 Å². The lowest BCUT2D eigenvalue weighted by molar-refractivity contribution is -0.305. The predicted molar refractivity (Wildman–Crippen MR) is 136 cm³/mol. The Balaban J connectivity index is 1.87. The molecule has 0 saturated heterocycles. The van der Waals surface area contributed by atoms with Gasteiger partial charge in [-0.05, 0) is 54.5 Å². The van der Waals surface area contributed by atoms with Gasteiger partial charge in [0, 0.05) is 24.5 Å². The number of unbranched alkanes of at least 4 members (excludes halogenated alkanes) is 1. The minimum Gasteiger partial charge on any atom is -0.550 e. The number of hydrogen-bond donors (Lipinski definition) is 0. The largest absolute Gasteiger partial charge is 0.550 e. The maximum Gasteiger partial charge on any atom is 0.228 e. The van der Waals surface area contributed by atoms with Crippen molar-refractivity contribution in [2.75, 3.05) is 11.5 Å². The van der Waals surface area contributed by atoms with Crippen molar-refractivity contribution in [3.63, 3.8) is 0 Å². The van der Waals surface area contributed by atoms with Crippen LogP contribution >= 0.6 is 0 Å². The number of ketones is 1. The molecule has 1 amide bonds. The average molecular weight is 490 g/mol. The first kappa shape index (κ1) is 25.6. The van der Waals surface area contributed by atoms with Gasteiger partial charge in [0.05, 0.1) is 29.9 Å². The standard InChI is InChI=1S/C29H34N2O5/c1-4-5-15-36-20-10-8-9-19(16-20)28-27-22(17-29(2,3)18-24(27)32)30-21-11-6-7-12-23(21)31(28)25(33)13-14-26(34)35/h6-12,16,27-28H,4-5,13-15,17-18H2,1-3H3,(H,34,35)/p-1/t27-,28-/m1/s1. The number of nitrogens with zero attached hydrogens (tertiary/aromatic N) is 2. The normalized spacial score (nSPS) is 20.6. The smallest absolute Gasteiger partial charge is 0.228 e. The maximum absolute atomic E-state index is 13.7. The fourth-order valence-corrected chi connectivity index (χ4v) is 5.20. The van der Waals surface area contributed by atoms with Gasteiger partial charge in [-0.2, -0.15) is 0 Å². The lowest BCUT2D eigenvalue weighted by Crippen LogP contribution is -2.47. The summed E-state index contributed by atoms with van der Waals surface area (Å²) in [5.41, 5.74) is 2.43. The summed E-state index contributed by atoms with van der Waals surface area (Å²) < 4.78 is 5.94. The number of hydrogen-bond acceptors (Lipinski definition) is 6. The van der Waals surface area contributed by atoms with Crippen LogP contribution in [-0.4, -0.2) is 30.0 Å². The highest BCUT2D eigenvalue weighted by Gasteiger charge is 2.47. The van der Waals surface area contributed by atoms with Gasteiger partial charge in [0.15, 0.2) is 0 Å². The SMILES string of the molecule is CCCCOc1cccc([C@@H]2[C@H]3C(=O)CC(C)(C)CC3=Nc3ccccc3N2C(=O)CCC(=O)[O-])c1. The van der Waals surface area contributed by atoms with E-state index in [0.29, 0.717) is 36.6 Å². The minimum atomic E-state index is -1.29. The Morgan fingerprint density at radius 2 is 1.89 bits per heavy atom. The van der Waals surface area contributed by atoms with Crippen LogP contribution in [0.25, 0.3) is 0 Å². The van der Waals surface area contributed by atoms with Crippen molar-refractivity contribution >= 4 is 34.7 Å². The van der Waals surface area contributed by atoms with Crippen LogP contribution in [0.1, 0.15) is 70.9 Å². The zero-order valence-electron chi connectivity index (χ0n) is 21.2. The monoisotopic (exact) mass is 489 g/mol. The first-order chi connectivity index (χ1) is 17.2. The summed E-state index contributed by atoms with van der Waals surface area (Å²) >= 11 is 0. The molecule has 36 heavy (non-hydrogen) atoms. The van der Waals surface area contributed by atoms with Crippen molar-refractivity contribution in [3.8, 4) is 5.75 Å². The minimum absolute atomic E-state index is 0.0258. The molecule has 0 aromatic heterocycles. The highest BCUT2D eigenvalue weighted by Crippen LogP contribution is 2.48. The first-order valence-electron chi connectivity index (χ1n) is 12.6. The third-order valence-electron chi connectivity index (χ3n) is 6.80. The molecule has 7 heteroatoms. The van der Waals surface area contributed by atoms with Crippen molar-refractivity contribution in [3.05, 3.63) is 54.1 Å².